The number of hydrogen-bond acceptors (Lipinski definition) is 2. The fourth-order valence-corrected chi connectivity index (χ4v) is 2.39. The van der Waals surface area contributed by atoms with Gasteiger partial charge in [0.2, 0.25) is 0 Å². The van der Waals surface area contributed by atoms with Crippen LogP contribution < -0.4 is 5.32 Å². The van der Waals surface area contributed by atoms with Crippen molar-refractivity contribution in [3.63, 3.8) is 0 Å². The molecule has 1 aromatic heterocycles. The van der Waals surface area contributed by atoms with Crippen molar-refractivity contribution >= 4 is 0 Å². The molecule has 1 unspecified atom stereocenters. The highest BCUT2D eigenvalue weighted by atomic mass is 15.3. The Morgan fingerprint density at radius 1 is 1.21 bits per heavy atom. The smallest absolute Gasteiger partial charge is 0.0624 e. The van der Waals surface area contributed by atoms with Crippen LogP contribution >= 0.6 is 0 Å². The van der Waals surface area contributed by atoms with E-state index in [9.17, 15) is 0 Å². The highest BCUT2D eigenvalue weighted by molar-refractivity contribution is 5.10. The van der Waals surface area contributed by atoms with E-state index in [0.717, 1.165) is 25.9 Å². The summed E-state index contributed by atoms with van der Waals surface area (Å²) in [5.74, 6) is 0. The summed E-state index contributed by atoms with van der Waals surface area (Å²) in [4.78, 5) is 0. The Morgan fingerprint density at radius 3 is 2.63 bits per heavy atom. The van der Waals surface area contributed by atoms with Crippen molar-refractivity contribution in [1.29, 1.82) is 0 Å². The summed E-state index contributed by atoms with van der Waals surface area (Å²) in [6.45, 7) is 10.9. The van der Waals surface area contributed by atoms with E-state index in [1.807, 2.05) is 0 Å². The SMILES string of the molecule is CCCCCC(C)NCCn1nc(CC)cc1CC. The van der Waals surface area contributed by atoms with Crippen molar-refractivity contribution in [3.05, 3.63) is 17.5 Å². The fraction of sp³-hybridized carbons (Fsp3) is 0.812. The summed E-state index contributed by atoms with van der Waals surface area (Å²) in [5.41, 5.74) is 2.57. The first-order valence-electron chi connectivity index (χ1n) is 8.00. The first-order chi connectivity index (χ1) is 9.21. The Bertz CT molecular complexity index is 344. The van der Waals surface area contributed by atoms with Crippen LogP contribution in [0.3, 0.4) is 0 Å². The highest BCUT2D eigenvalue weighted by Gasteiger charge is 2.06. The molecule has 110 valence electrons. The summed E-state index contributed by atoms with van der Waals surface area (Å²) in [7, 11) is 0. The minimum Gasteiger partial charge on any atom is -0.312 e. The van der Waals surface area contributed by atoms with Gasteiger partial charge < -0.3 is 5.32 Å². The van der Waals surface area contributed by atoms with E-state index in [1.165, 1.54) is 37.1 Å². The molecule has 0 fully saturated rings. The first kappa shape index (κ1) is 16.2. The van der Waals surface area contributed by atoms with Crippen LogP contribution in [0.1, 0.15) is 64.8 Å². The largest absolute Gasteiger partial charge is 0.312 e. The average molecular weight is 265 g/mol. The van der Waals surface area contributed by atoms with E-state index in [1.54, 1.807) is 0 Å². The summed E-state index contributed by atoms with van der Waals surface area (Å²) in [6.07, 6.45) is 7.38. The van der Waals surface area contributed by atoms with Crippen molar-refractivity contribution in [2.24, 2.45) is 0 Å². The third-order valence-corrected chi connectivity index (χ3v) is 3.70. The molecule has 1 atom stereocenters. The zero-order chi connectivity index (χ0) is 14.1. The average Bonchev–Trinajstić information content (AvgIpc) is 2.81. The van der Waals surface area contributed by atoms with Crippen molar-refractivity contribution < 1.29 is 0 Å². The van der Waals surface area contributed by atoms with Gasteiger partial charge in [-0.05, 0) is 32.3 Å². The van der Waals surface area contributed by atoms with Crippen LogP contribution in [0.25, 0.3) is 0 Å². The maximum absolute atomic E-state index is 4.65. The number of hydrogen-bond donors (Lipinski definition) is 1. The van der Waals surface area contributed by atoms with Crippen LogP contribution in [-0.4, -0.2) is 22.4 Å². The number of aryl methyl sites for hydroxylation is 2. The maximum atomic E-state index is 4.65. The normalized spacial score (nSPS) is 12.8. The topological polar surface area (TPSA) is 29.9 Å². The zero-order valence-electron chi connectivity index (χ0n) is 13.2. The van der Waals surface area contributed by atoms with Crippen LogP contribution in [0.5, 0.6) is 0 Å². The molecule has 0 bridgehead atoms. The lowest BCUT2D eigenvalue weighted by Gasteiger charge is -2.14. The molecule has 0 aliphatic heterocycles. The number of unbranched alkanes of at least 4 members (excludes halogenated alkanes) is 2. The molecule has 0 saturated carbocycles. The van der Waals surface area contributed by atoms with E-state index in [4.69, 9.17) is 0 Å². The predicted octanol–water partition coefficient (Wildman–Crippen LogP) is 3.57. The minimum absolute atomic E-state index is 0.623. The van der Waals surface area contributed by atoms with Crippen molar-refractivity contribution in [1.82, 2.24) is 15.1 Å². The Hall–Kier alpha value is -0.830. The van der Waals surface area contributed by atoms with Crippen molar-refractivity contribution in [2.45, 2.75) is 78.8 Å². The Morgan fingerprint density at radius 2 is 2.00 bits per heavy atom. The van der Waals surface area contributed by atoms with Gasteiger partial charge in [-0.3, -0.25) is 4.68 Å². The maximum Gasteiger partial charge on any atom is 0.0624 e. The summed E-state index contributed by atoms with van der Waals surface area (Å²) in [5, 5.41) is 8.26. The van der Waals surface area contributed by atoms with Crippen LogP contribution in [0.4, 0.5) is 0 Å². The van der Waals surface area contributed by atoms with Crippen LogP contribution in [0.2, 0.25) is 0 Å². The van der Waals surface area contributed by atoms with Crippen LogP contribution in [0.15, 0.2) is 6.07 Å². The van der Waals surface area contributed by atoms with Gasteiger partial charge in [0.25, 0.3) is 0 Å². The van der Waals surface area contributed by atoms with Crippen molar-refractivity contribution in [3.8, 4) is 0 Å². The third kappa shape index (κ3) is 5.77. The fourth-order valence-electron chi connectivity index (χ4n) is 2.39. The van der Waals surface area contributed by atoms with E-state index < -0.39 is 0 Å². The minimum atomic E-state index is 0.623. The van der Waals surface area contributed by atoms with Crippen molar-refractivity contribution in [2.75, 3.05) is 6.54 Å². The molecule has 0 spiro atoms. The molecule has 1 aromatic rings. The Kier molecular flexibility index (Phi) is 7.80. The molecule has 1 rings (SSSR count). The molecule has 0 aromatic carbocycles. The van der Waals surface area contributed by atoms with E-state index in [0.29, 0.717) is 6.04 Å². The summed E-state index contributed by atoms with van der Waals surface area (Å²) in [6, 6.07) is 2.86. The molecular weight excluding hydrogens is 234 g/mol. The summed E-state index contributed by atoms with van der Waals surface area (Å²) < 4.78 is 2.17. The molecule has 0 radical (unpaired) electrons. The molecule has 3 nitrogen and oxygen atoms in total. The van der Waals surface area contributed by atoms with E-state index in [2.05, 4.69) is 48.9 Å². The molecule has 0 aliphatic rings. The zero-order valence-corrected chi connectivity index (χ0v) is 13.2. The van der Waals surface area contributed by atoms with Gasteiger partial charge in [-0.15, -0.1) is 0 Å². The standard InChI is InChI=1S/C16H31N3/c1-5-8-9-10-14(4)17-11-12-19-16(7-3)13-15(6-2)18-19/h13-14,17H,5-12H2,1-4H3. The molecule has 3 heteroatoms. The number of nitrogens with one attached hydrogen (secondary N) is 1. The highest BCUT2D eigenvalue weighted by Crippen LogP contribution is 2.06. The molecule has 0 saturated heterocycles. The number of rotatable bonds is 10. The molecule has 1 N–H and O–H groups in total. The van der Waals surface area contributed by atoms with Gasteiger partial charge in [0.1, 0.15) is 0 Å². The number of aromatic nitrogens is 2. The van der Waals surface area contributed by atoms with Gasteiger partial charge >= 0.3 is 0 Å². The lowest BCUT2D eigenvalue weighted by atomic mass is 10.1. The lowest BCUT2D eigenvalue weighted by molar-refractivity contribution is 0.454. The van der Waals surface area contributed by atoms with Gasteiger partial charge in [-0.2, -0.15) is 5.10 Å². The molecule has 19 heavy (non-hydrogen) atoms. The van der Waals surface area contributed by atoms with Crippen LogP contribution in [0, 0.1) is 0 Å². The van der Waals surface area contributed by atoms with Gasteiger partial charge in [0, 0.05) is 18.3 Å². The molecular formula is C16H31N3. The predicted molar refractivity (Wildman–Crippen MR) is 82.6 cm³/mol. The summed E-state index contributed by atoms with van der Waals surface area (Å²) >= 11 is 0. The Balaban J connectivity index is 2.30. The number of nitrogens with zero attached hydrogens (tertiary/aromatic N) is 2. The van der Waals surface area contributed by atoms with Crippen LogP contribution in [-0.2, 0) is 19.4 Å². The lowest BCUT2D eigenvalue weighted by Crippen LogP contribution is -2.29. The second-order valence-corrected chi connectivity index (χ2v) is 5.41. The first-order valence-corrected chi connectivity index (χ1v) is 8.00. The quantitative estimate of drug-likeness (QED) is 0.655. The van der Waals surface area contributed by atoms with Gasteiger partial charge in [-0.1, -0.05) is 40.0 Å². The molecule has 1 heterocycles. The monoisotopic (exact) mass is 265 g/mol. The third-order valence-electron chi connectivity index (χ3n) is 3.70. The second-order valence-electron chi connectivity index (χ2n) is 5.41. The van der Waals surface area contributed by atoms with E-state index in [-0.39, 0.29) is 0 Å². The van der Waals surface area contributed by atoms with Gasteiger partial charge in [0.05, 0.1) is 12.2 Å². The molecule has 0 aliphatic carbocycles. The molecule has 0 amide bonds. The Labute approximate surface area is 118 Å². The second kappa shape index (κ2) is 9.13. The van der Waals surface area contributed by atoms with E-state index >= 15 is 0 Å². The van der Waals surface area contributed by atoms with Gasteiger partial charge in [-0.25, -0.2) is 0 Å². The van der Waals surface area contributed by atoms with Gasteiger partial charge in [0.15, 0.2) is 0 Å².